The second-order valence-electron chi connectivity index (χ2n) is 8.67. The van der Waals surface area contributed by atoms with Crippen LogP contribution in [0.2, 0.25) is 0 Å². The van der Waals surface area contributed by atoms with Gasteiger partial charge in [-0.1, -0.05) is 19.3 Å². The molecule has 0 bridgehead atoms. The van der Waals surface area contributed by atoms with Gasteiger partial charge in [-0.2, -0.15) is 15.1 Å². The van der Waals surface area contributed by atoms with Crippen molar-refractivity contribution < 1.29 is 13.2 Å². The highest BCUT2D eigenvalue weighted by Crippen LogP contribution is 2.31. The van der Waals surface area contributed by atoms with Crippen molar-refractivity contribution in [2.75, 3.05) is 48.1 Å². The van der Waals surface area contributed by atoms with E-state index in [1.807, 2.05) is 12.1 Å². The molecule has 0 spiro atoms. The summed E-state index contributed by atoms with van der Waals surface area (Å²) >= 11 is 0. The van der Waals surface area contributed by atoms with Gasteiger partial charge in [0.05, 0.1) is 13.2 Å². The number of H-pyrrole nitrogens is 1. The molecule has 2 fully saturated rings. The number of fused-ring (bicyclic) bond motifs is 1. The van der Waals surface area contributed by atoms with E-state index < -0.39 is 9.84 Å². The van der Waals surface area contributed by atoms with Gasteiger partial charge in [-0.3, -0.25) is 5.10 Å². The van der Waals surface area contributed by atoms with Gasteiger partial charge in [0, 0.05) is 36.8 Å². The van der Waals surface area contributed by atoms with Crippen molar-refractivity contribution >= 4 is 44.0 Å². The third-order valence-corrected chi connectivity index (χ3v) is 7.18. The standard InChI is InChI=1S/C22H29N7O3S/c1-33(30,31)21-18-19(23-15-5-3-2-4-6-15)25-22(26-20(18)27-28-21)24-16-7-9-17(10-8-16)29-11-13-32-14-12-29/h7-10,15H,2-6,11-14H2,1H3,(H3,23,24,25,26,27,28). The van der Waals surface area contributed by atoms with E-state index in [-0.39, 0.29) is 11.1 Å². The number of hydrogen-bond donors (Lipinski definition) is 3. The number of sulfone groups is 1. The zero-order valence-corrected chi connectivity index (χ0v) is 19.5. The van der Waals surface area contributed by atoms with Crippen LogP contribution < -0.4 is 15.5 Å². The van der Waals surface area contributed by atoms with E-state index >= 15 is 0 Å². The Balaban J connectivity index is 1.44. The summed E-state index contributed by atoms with van der Waals surface area (Å²) in [5.74, 6) is 0.872. The molecule has 176 valence electrons. The van der Waals surface area contributed by atoms with E-state index in [2.05, 4.69) is 47.8 Å². The first-order chi connectivity index (χ1) is 16.0. The van der Waals surface area contributed by atoms with Crippen molar-refractivity contribution in [2.24, 2.45) is 0 Å². The summed E-state index contributed by atoms with van der Waals surface area (Å²) in [7, 11) is -3.53. The topological polar surface area (TPSA) is 125 Å². The Morgan fingerprint density at radius 3 is 2.48 bits per heavy atom. The van der Waals surface area contributed by atoms with Crippen LogP contribution in [0.1, 0.15) is 32.1 Å². The van der Waals surface area contributed by atoms with E-state index in [1.54, 1.807) is 0 Å². The quantitative estimate of drug-likeness (QED) is 0.497. The van der Waals surface area contributed by atoms with Gasteiger partial charge in [-0.25, -0.2) is 8.42 Å². The lowest BCUT2D eigenvalue weighted by Gasteiger charge is -2.28. The highest BCUT2D eigenvalue weighted by atomic mass is 32.2. The molecule has 3 aromatic rings. The van der Waals surface area contributed by atoms with E-state index in [0.717, 1.165) is 69.6 Å². The zero-order valence-electron chi connectivity index (χ0n) is 18.7. The molecule has 33 heavy (non-hydrogen) atoms. The van der Waals surface area contributed by atoms with Crippen LogP contribution >= 0.6 is 0 Å². The van der Waals surface area contributed by atoms with Crippen molar-refractivity contribution in [1.82, 2.24) is 20.2 Å². The number of nitrogens with zero attached hydrogens (tertiary/aromatic N) is 4. The van der Waals surface area contributed by atoms with Crippen molar-refractivity contribution in [3.05, 3.63) is 24.3 Å². The van der Waals surface area contributed by atoms with Crippen LogP contribution in [0.3, 0.4) is 0 Å². The molecule has 2 aromatic heterocycles. The van der Waals surface area contributed by atoms with Crippen LogP contribution in [0.4, 0.5) is 23.1 Å². The first-order valence-electron chi connectivity index (χ1n) is 11.4. The molecular formula is C22H29N7O3S. The molecule has 0 radical (unpaired) electrons. The molecule has 1 aliphatic carbocycles. The molecule has 0 atom stereocenters. The van der Waals surface area contributed by atoms with Crippen LogP contribution in [-0.2, 0) is 14.6 Å². The lowest BCUT2D eigenvalue weighted by molar-refractivity contribution is 0.122. The zero-order chi connectivity index (χ0) is 22.8. The number of aromatic amines is 1. The van der Waals surface area contributed by atoms with Gasteiger partial charge < -0.3 is 20.3 Å². The molecule has 3 heterocycles. The molecule has 11 heteroatoms. The lowest BCUT2D eigenvalue weighted by atomic mass is 9.95. The minimum absolute atomic E-state index is 0.0303. The van der Waals surface area contributed by atoms with Crippen LogP contribution in [0.25, 0.3) is 11.0 Å². The number of aromatic nitrogens is 4. The maximum Gasteiger partial charge on any atom is 0.231 e. The van der Waals surface area contributed by atoms with Crippen molar-refractivity contribution in [1.29, 1.82) is 0 Å². The highest BCUT2D eigenvalue weighted by molar-refractivity contribution is 7.90. The Labute approximate surface area is 193 Å². The van der Waals surface area contributed by atoms with E-state index in [4.69, 9.17) is 4.74 Å². The van der Waals surface area contributed by atoms with Crippen molar-refractivity contribution in [2.45, 2.75) is 43.2 Å². The largest absolute Gasteiger partial charge is 0.378 e. The van der Waals surface area contributed by atoms with Gasteiger partial charge in [0.1, 0.15) is 11.2 Å². The van der Waals surface area contributed by atoms with Crippen LogP contribution in [0, 0.1) is 0 Å². The van der Waals surface area contributed by atoms with Crippen LogP contribution in [0.5, 0.6) is 0 Å². The minimum Gasteiger partial charge on any atom is -0.378 e. The summed E-state index contributed by atoms with van der Waals surface area (Å²) in [6.07, 6.45) is 6.74. The summed E-state index contributed by atoms with van der Waals surface area (Å²) in [6, 6.07) is 8.35. The molecular weight excluding hydrogens is 442 g/mol. The maximum absolute atomic E-state index is 12.3. The van der Waals surface area contributed by atoms with Gasteiger partial charge in [-0.15, -0.1) is 0 Å². The number of ether oxygens (including phenoxy) is 1. The molecule has 0 amide bonds. The van der Waals surface area contributed by atoms with Gasteiger partial charge in [-0.05, 0) is 37.1 Å². The summed E-state index contributed by atoms with van der Waals surface area (Å²) < 4.78 is 30.0. The Kier molecular flexibility index (Phi) is 6.07. The second kappa shape index (κ2) is 9.14. The Morgan fingerprint density at radius 1 is 1.06 bits per heavy atom. The fourth-order valence-electron chi connectivity index (χ4n) is 4.48. The summed E-state index contributed by atoms with van der Waals surface area (Å²) in [5.41, 5.74) is 2.38. The Hall–Kier alpha value is -2.92. The van der Waals surface area contributed by atoms with Gasteiger partial charge in [0.2, 0.25) is 5.95 Å². The number of hydrogen-bond acceptors (Lipinski definition) is 9. The SMILES string of the molecule is CS(=O)(=O)c1n[nH]c2nc(Nc3ccc(N4CCOCC4)cc3)nc(NC3CCCCC3)c12. The maximum atomic E-state index is 12.3. The highest BCUT2D eigenvalue weighted by Gasteiger charge is 2.24. The molecule has 0 unspecified atom stereocenters. The van der Waals surface area contributed by atoms with E-state index in [1.165, 1.54) is 6.42 Å². The summed E-state index contributed by atoms with van der Waals surface area (Å²) in [5, 5.41) is 13.9. The third kappa shape index (κ3) is 4.88. The van der Waals surface area contributed by atoms with Crippen LogP contribution in [0.15, 0.2) is 29.3 Å². The van der Waals surface area contributed by atoms with Gasteiger partial charge in [0.25, 0.3) is 0 Å². The average Bonchev–Trinajstić information content (AvgIpc) is 3.26. The number of nitrogens with one attached hydrogen (secondary N) is 3. The number of benzene rings is 1. The first kappa shape index (κ1) is 21.9. The summed E-state index contributed by atoms with van der Waals surface area (Å²) in [6.45, 7) is 3.24. The van der Waals surface area contributed by atoms with Gasteiger partial charge in [0.15, 0.2) is 20.5 Å². The summed E-state index contributed by atoms with van der Waals surface area (Å²) in [4.78, 5) is 11.5. The Morgan fingerprint density at radius 2 is 1.79 bits per heavy atom. The smallest absolute Gasteiger partial charge is 0.231 e. The average molecular weight is 472 g/mol. The number of morpholine rings is 1. The fraction of sp³-hybridized carbons (Fsp3) is 0.500. The molecule has 1 aliphatic heterocycles. The molecule has 1 aromatic carbocycles. The van der Waals surface area contributed by atoms with E-state index in [9.17, 15) is 8.42 Å². The minimum atomic E-state index is -3.53. The van der Waals surface area contributed by atoms with Gasteiger partial charge >= 0.3 is 0 Å². The molecule has 3 N–H and O–H groups in total. The lowest BCUT2D eigenvalue weighted by Crippen LogP contribution is -2.36. The molecule has 10 nitrogen and oxygen atoms in total. The normalized spacial score (nSPS) is 17.9. The predicted molar refractivity (Wildman–Crippen MR) is 128 cm³/mol. The first-order valence-corrected chi connectivity index (χ1v) is 13.3. The molecule has 2 aliphatic rings. The molecule has 5 rings (SSSR count). The number of rotatable bonds is 6. The van der Waals surface area contributed by atoms with E-state index in [0.29, 0.717) is 22.8 Å². The fourth-order valence-corrected chi connectivity index (χ4v) is 5.25. The monoisotopic (exact) mass is 471 g/mol. The van der Waals surface area contributed by atoms with Crippen LogP contribution in [-0.4, -0.2) is 67.2 Å². The third-order valence-electron chi connectivity index (χ3n) is 6.18. The molecule has 1 saturated heterocycles. The second-order valence-corrected chi connectivity index (χ2v) is 10.6. The molecule has 1 saturated carbocycles. The van der Waals surface area contributed by atoms with Crippen molar-refractivity contribution in [3.8, 4) is 0 Å². The Bertz CT molecular complexity index is 1210. The number of anilines is 4. The van der Waals surface area contributed by atoms with Crippen molar-refractivity contribution in [3.63, 3.8) is 0 Å². The predicted octanol–water partition coefficient (Wildman–Crippen LogP) is 3.08.